The van der Waals surface area contributed by atoms with Crippen LogP contribution in [0.2, 0.25) is 0 Å². The first-order chi connectivity index (χ1) is 24.2. The maximum Gasteiger partial charge on any atom is 0.325 e. The highest BCUT2D eigenvalue weighted by molar-refractivity contribution is 5.80. The quantitative estimate of drug-likeness (QED) is 0.114. The zero-order valence-corrected chi connectivity index (χ0v) is 28.3. The standard InChI is InChI=1S/C39H45N3O8/c1-3-48-37(46)22-41-39(47)40-21-27-7-4-8-29(17-27)30-9-5-11-32(18-30)38-49-34(20-36(50-38)28-15-13-26(25-43)14-16-28)23-42(2)24-35(45)31-10-6-12-33(44)19-31/h4-19,34-36,38,43-45H,3,20-25H2,1-2H3,(H2,40,41,47)/t34-,35+,36+,38+/m0/s1. The van der Waals surface area contributed by atoms with E-state index in [-0.39, 0.29) is 44.3 Å². The number of phenolic OH excluding ortho intramolecular Hbond substituents is 1. The molecule has 0 aromatic heterocycles. The summed E-state index contributed by atoms with van der Waals surface area (Å²) in [5.41, 5.74) is 6.05. The Morgan fingerprint density at radius 2 is 1.64 bits per heavy atom. The van der Waals surface area contributed by atoms with Crippen LogP contribution in [0.3, 0.4) is 0 Å². The predicted octanol–water partition coefficient (Wildman–Crippen LogP) is 5.12. The van der Waals surface area contributed by atoms with Crippen molar-refractivity contribution in [1.82, 2.24) is 15.5 Å². The molecule has 1 saturated heterocycles. The van der Waals surface area contributed by atoms with Crippen molar-refractivity contribution in [2.45, 2.75) is 51.1 Å². The molecule has 2 amide bonds. The number of aliphatic hydroxyl groups excluding tert-OH is 2. The minimum atomic E-state index is -0.786. The Bertz CT molecular complexity index is 1720. The number of ether oxygens (including phenoxy) is 3. The molecule has 1 heterocycles. The second-order valence-corrected chi connectivity index (χ2v) is 12.3. The van der Waals surface area contributed by atoms with Gasteiger partial charge in [0.15, 0.2) is 6.29 Å². The molecule has 0 spiro atoms. The molecule has 4 aromatic rings. The van der Waals surface area contributed by atoms with E-state index in [4.69, 9.17) is 14.2 Å². The first kappa shape index (κ1) is 36.5. The Hall–Kier alpha value is -4.78. The van der Waals surface area contributed by atoms with Crippen molar-refractivity contribution >= 4 is 12.0 Å². The van der Waals surface area contributed by atoms with Crippen molar-refractivity contribution in [1.29, 1.82) is 0 Å². The molecule has 0 bridgehead atoms. The molecule has 0 radical (unpaired) electrons. The van der Waals surface area contributed by atoms with Crippen LogP contribution in [0.5, 0.6) is 5.75 Å². The van der Waals surface area contributed by atoms with Crippen LogP contribution in [-0.2, 0) is 32.2 Å². The number of amides is 2. The Labute approximate surface area is 292 Å². The number of nitrogens with one attached hydrogen (secondary N) is 2. The summed E-state index contributed by atoms with van der Waals surface area (Å²) < 4.78 is 18.0. The molecule has 4 aromatic carbocycles. The van der Waals surface area contributed by atoms with E-state index in [9.17, 15) is 24.9 Å². The van der Waals surface area contributed by atoms with Gasteiger partial charge in [0.1, 0.15) is 12.3 Å². The van der Waals surface area contributed by atoms with E-state index >= 15 is 0 Å². The molecule has 1 aliphatic heterocycles. The number of benzene rings is 4. The van der Waals surface area contributed by atoms with Gasteiger partial charge in [-0.1, -0.05) is 72.8 Å². The smallest absolute Gasteiger partial charge is 0.325 e. The van der Waals surface area contributed by atoms with Crippen LogP contribution in [0.4, 0.5) is 4.79 Å². The molecule has 0 saturated carbocycles. The van der Waals surface area contributed by atoms with Crippen molar-refractivity contribution in [2.75, 3.05) is 33.3 Å². The van der Waals surface area contributed by atoms with Crippen LogP contribution >= 0.6 is 0 Å². The van der Waals surface area contributed by atoms with Crippen LogP contribution in [0, 0.1) is 0 Å². The van der Waals surface area contributed by atoms with E-state index in [1.165, 1.54) is 0 Å². The van der Waals surface area contributed by atoms with Crippen molar-refractivity contribution in [3.8, 4) is 16.9 Å². The fourth-order valence-electron chi connectivity index (χ4n) is 5.92. The number of urea groups is 1. The van der Waals surface area contributed by atoms with Gasteiger partial charge in [0, 0.05) is 31.6 Å². The van der Waals surface area contributed by atoms with E-state index < -0.39 is 24.4 Å². The maximum absolute atomic E-state index is 12.2. The average Bonchev–Trinajstić information content (AvgIpc) is 3.13. The highest BCUT2D eigenvalue weighted by Crippen LogP contribution is 2.39. The van der Waals surface area contributed by atoms with Crippen LogP contribution in [0.1, 0.15) is 59.7 Å². The third kappa shape index (κ3) is 10.4. The van der Waals surface area contributed by atoms with Crippen molar-refractivity contribution < 1.29 is 39.1 Å². The van der Waals surface area contributed by atoms with Crippen molar-refractivity contribution in [3.63, 3.8) is 0 Å². The lowest BCUT2D eigenvalue weighted by Gasteiger charge is -2.38. The number of likely N-dealkylation sites (N-methyl/N-ethyl adjacent to an activating group) is 1. The number of carbonyl (C=O) groups is 2. The van der Waals surface area contributed by atoms with E-state index in [0.717, 1.165) is 33.4 Å². The molecule has 1 aliphatic rings. The monoisotopic (exact) mass is 683 g/mol. The molecule has 5 rings (SSSR count). The molecule has 1 fully saturated rings. The third-order valence-electron chi connectivity index (χ3n) is 8.44. The predicted molar refractivity (Wildman–Crippen MR) is 188 cm³/mol. The number of nitrogens with zero attached hydrogens (tertiary/aromatic N) is 1. The van der Waals surface area contributed by atoms with Gasteiger partial charge >= 0.3 is 12.0 Å². The minimum absolute atomic E-state index is 0.0424. The van der Waals surface area contributed by atoms with Crippen LogP contribution in [0.25, 0.3) is 11.1 Å². The summed E-state index contributed by atoms with van der Waals surface area (Å²) in [4.78, 5) is 25.7. The number of phenols is 1. The number of hydrogen-bond donors (Lipinski definition) is 5. The lowest BCUT2D eigenvalue weighted by molar-refractivity contribution is -0.252. The molecular weight excluding hydrogens is 638 g/mol. The van der Waals surface area contributed by atoms with Crippen molar-refractivity contribution in [3.05, 3.63) is 125 Å². The summed E-state index contributed by atoms with van der Waals surface area (Å²) >= 11 is 0. The lowest BCUT2D eigenvalue weighted by atomic mass is 9.98. The van der Waals surface area contributed by atoms with Gasteiger partial charge in [0.05, 0.1) is 31.5 Å². The second-order valence-electron chi connectivity index (χ2n) is 12.3. The normalized spacial score (nSPS) is 18.0. The summed E-state index contributed by atoms with van der Waals surface area (Å²) in [7, 11) is 1.93. The zero-order chi connectivity index (χ0) is 35.5. The maximum atomic E-state index is 12.2. The van der Waals surface area contributed by atoms with E-state index in [1.54, 1.807) is 31.2 Å². The van der Waals surface area contributed by atoms with Gasteiger partial charge in [0.25, 0.3) is 0 Å². The SMILES string of the molecule is CCOC(=O)CNC(=O)NCc1cccc(-c2cccc([C@@H]3O[C@H](CN(C)C[C@@H](O)c4cccc(O)c4)C[C@H](c4ccc(CO)cc4)O3)c2)c1. The molecule has 11 heteroatoms. The Morgan fingerprint density at radius 3 is 2.38 bits per heavy atom. The van der Waals surface area contributed by atoms with Gasteiger partial charge in [-0.05, 0) is 71.6 Å². The summed E-state index contributed by atoms with van der Waals surface area (Å²) in [5.74, 6) is -0.390. The van der Waals surface area contributed by atoms with E-state index in [1.807, 2.05) is 84.7 Å². The second kappa shape index (κ2) is 17.7. The fraction of sp³-hybridized carbons (Fsp3) is 0.333. The average molecular weight is 684 g/mol. The summed E-state index contributed by atoms with van der Waals surface area (Å²) in [6, 6.07) is 29.7. The third-order valence-corrected chi connectivity index (χ3v) is 8.44. The van der Waals surface area contributed by atoms with Gasteiger partial charge in [-0.15, -0.1) is 0 Å². The topological polar surface area (TPSA) is 150 Å². The summed E-state index contributed by atoms with van der Waals surface area (Å²) in [6.45, 7) is 2.85. The van der Waals surface area contributed by atoms with Crippen LogP contribution in [0.15, 0.2) is 97.1 Å². The molecule has 5 N–H and O–H groups in total. The highest BCUT2D eigenvalue weighted by Gasteiger charge is 2.33. The number of carbonyl (C=O) groups excluding carboxylic acids is 2. The van der Waals surface area contributed by atoms with Crippen LogP contribution in [-0.4, -0.2) is 71.6 Å². The Morgan fingerprint density at radius 1 is 0.900 bits per heavy atom. The number of rotatable bonds is 14. The first-order valence-corrected chi connectivity index (χ1v) is 16.7. The zero-order valence-electron chi connectivity index (χ0n) is 28.3. The summed E-state index contributed by atoms with van der Waals surface area (Å²) in [5, 5.41) is 35.5. The van der Waals surface area contributed by atoms with Gasteiger partial charge in [-0.25, -0.2) is 4.79 Å². The van der Waals surface area contributed by atoms with Crippen LogP contribution < -0.4 is 10.6 Å². The largest absolute Gasteiger partial charge is 0.508 e. The summed E-state index contributed by atoms with van der Waals surface area (Å²) in [6.07, 6.45) is -1.38. The molecule has 50 heavy (non-hydrogen) atoms. The number of esters is 1. The van der Waals surface area contributed by atoms with Crippen molar-refractivity contribution in [2.24, 2.45) is 0 Å². The number of aliphatic hydroxyl groups is 2. The number of aromatic hydroxyl groups is 1. The molecule has 11 nitrogen and oxygen atoms in total. The van der Waals surface area contributed by atoms with E-state index in [0.29, 0.717) is 25.1 Å². The molecule has 0 unspecified atom stereocenters. The molecule has 264 valence electrons. The lowest BCUT2D eigenvalue weighted by Crippen LogP contribution is -2.39. The molecule has 0 aliphatic carbocycles. The molecular formula is C39H45N3O8. The van der Waals surface area contributed by atoms with Gasteiger partial charge in [0.2, 0.25) is 0 Å². The minimum Gasteiger partial charge on any atom is -0.508 e. The first-order valence-electron chi connectivity index (χ1n) is 16.7. The van der Waals surface area contributed by atoms with Gasteiger partial charge in [-0.3, -0.25) is 4.79 Å². The Balaban J connectivity index is 1.29. The van der Waals surface area contributed by atoms with E-state index in [2.05, 4.69) is 10.6 Å². The number of hydrogen-bond acceptors (Lipinski definition) is 9. The Kier molecular flexibility index (Phi) is 13.0. The molecule has 4 atom stereocenters. The van der Waals surface area contributed by atoms with Gasteiger partial charge < -0.3 is 45.1 Å². The fourth-order valence-corrected chi connectivity index (χ4v) is 5.92. The van der Waals surface area contributed by atoms with Gasteiger partial charge in [-0.2, -0.15) is 0 Å². The highest BCUT2D eigenvalue weighted by atomic mass is 16.7.